The Kier molecular flexibility index (Phi) is 6.35. The maximum Gasteiger partial charge on any atom is 0.118 e. The summed E-state index contributed by atoms with van der Waals surface area (Å²) in [7, 11) is 1.74. The predicted molar refractivity (Wildman–Crippen MR) is 91.0 cm³/mol. The molecular formula is C20H30O. The first-order valence-corrected chi connectivity index (χ1v) is 8.56. The molecule has 0 fully saturated rings. The molecule has 1 aromatic rings. The number of hydrogen-bond donors (Lipinski definition) is 0. The Balaban J connectivity index is 2.15. The molecular weight excluding hydrogens is 256 g/mol. The van der Waals surface area contributed by atoms with Gasteiger partial charge in [-0.15, -0.1) is 0 Å². The van der Waals surface area contributed by atoms with Crippen LogP contribution in [0.1, 0.15) is 70.3 Å². The van der Waals surface area contributed by atoms with Gasteiger partial charge in [0.2, 0.25) is 0 Å². The molecule has 21 heavy (non-hydrogen) atoms. The fourth-order valence-electron chi connectivity index (χ4n) is 3.53. The summed E-state index contributed by atoms with van der Waals surface area (Å²) in [4.78, 5) is 0. The zero-order valence-corrected chi connectivity index (χ0v) is 13.9. The molecule has 0 saturated carbocycles. The molecule has 0 spiro atoms. The first-order chi connectivity index (χ1) is 10.2. The predicted octanol–water partition coefficient (Wildman–Crippen LogP) is 6.11. The summed E-state index contributed by atoms with van der Waals surface area (Å²) in [5, 5.41) is 0. The summed E-state index contributed by atoms with van der Waals surface area (Å²) < 4.78 is 5.30. The molecule has 1 aromatic carbocycles. The normalized spacial score (nSPS) is 18.0. The fourth-order valence-corrected chi connectivity index (χ4v) is 3.53. The minimum Gasteiger partial charge on any atom is -0.497 e. The van der Waals surface area contributed by atoms with Crippen LogP contribution < -0.4 is 4.74 Å². The van der Waals surface area contributed by atoms with Crippen molar-refractivity contribution in [2.75, 3.05) is 7.11 Å². The second kappa shape index (κ2) is 8.26. The Hall–Kier alpha value is -1.24. The molecule has 1 heteroatoms. The van der Waals surface area contributed by atoms with E-state index < -0.39 is 0 Å². The van der Waals surface area contributed by atoms with Crippen LogP contribution in [0.15, 0.2) is 35.9 Å². The van der Waals surface area contributed by atoms with E-state index in [9.17, 15) is 0 Å². The van der Waals surface area contributed by atoms with Gasteiger partial charge in [0.15, 0.2) is 0 Å². The number of ether oxygens (including phenoxy) is 1. The van der Waals surface area contributed by atoms with Gasteiger partial charge in [0.1, 0.15) is 5.75 Å². The smallest absolute Gasteiger partial charge is 0.118 e. The summed E-state index contributed by atoms with van der Waals surface area (Å²) in [6.45, 7) is 4.71. The van der Waals surface area contributed by atoms with E-state index in [1.807, 2.05) is 0 Å². The van der Waals surface area contributed by atoms with Crippen molar-refractivity contribution in [2.24, 2.45) is 5.92 Å². The Morgan fingerprint density at radius 3 is 2.48 bits per heavy atom. The van der Waals surface area contributed by atoms with Crippen LogP contribution in [0.25, 0.3) is 0 Å². The maximum absolute atomic E-state index is 5.30. The van der Waals surface area contributed by atoms with E-state index in [1.54, 1.807) is 12.7 Å². The van der Waals surface area contributed by atoms with Gasteiger partial charge in [-0.25, -0.2) is 0 Å². The molecule has 0 heterocycles. The zero-order chi connectivity index (χ0) is 15.1. The van der Waals surface area contributed by atoms with E-state index >= 15 is 0 Å². The van der Waals surface area contributed by atoms with Crippen molar-refractivity contribution in [3.63, 3.8) is 0 Å². The lowest BCUT2D eigenvalue weighted by Gasteiger charge is -2.27. The highest BCUT2D eigenvalue weighted by Crippen LogP contribution is 2.36. The van der Waals surface area contributed by atoms with Crippen molar-refractivity contribution >= 4 is 0 Å². The third-order valence-corrected chi connectivity index (χ3v) is 4.84. The van der Waals surface area contributed by atoms with Gasteiger partial charge >= 0.3 is 0 Å². The molecule has 1 nitrogen and oxygen atoms in total. The van der Waals surface area contributed by atoms with Crippen LogP contribution in [-0.4, -0.2) is 7.11 Å². The largest absolute Gasteiger partial charge is 0.497 e. The summed E-state index contributed by atoms with van der Waals surface area (Å²) in [6, 6.07) is 8.74. The minimum absolute atomic E-state index is 0.653. The number of rotatable bonds is 7. The molecule has 0 aliphatic heterocycles. The summed E-state index contributed by atoms with van der Waals surface area (Å²) in [6.07, 6.45) is 11.7. The van der Waals surface area contributed by atoms with Crippen molar-refractivity contribution in [1.29, 1.82) is 0 Å². The highest BCUT2D eigenvalue weighted by molar-refractivity contribution is 5.30. The Morgan fingerprint density at radius 2 is 1.90 bits per heavy atom. The molecule has 2 atom stereocenters. The fraction of sp³-hybridized carbons (Fsp3) is 0.600. The van der Waals surface area contributed by atoms with Gasteiger partial charge in [0, 0.05) is 0 Å². The average molecular weight is 286 g/mol. The van der Waals surface area contributed by atoms with Crippen LogP contribution in [0.2, 0.25) is 0 Å². The second-order valence-corrected chi connectivity index (χ2v) is 6.46. The number of hydrogen-bond acceptors (Lipinski definition) is 1. The van der Waals surface area contributed by atoms with Crippen LogP contribution in [0.4, 0.5) is 0 Å². The van der Waals surface area contributed by atoms with Gasteiger partial charge in [-0.2, -0.15) is 0 Å². The highest BCUT2D eigenvalue weighted by Gasteiger charge is 2.21. The topological polar surface area (TPSA) is 9.23 Å². The molecule has 0 saturated heterocycles. The Bertz CT molecular complexity index is 443. The van der Waals surface area contributed by atoms with Crippen LogP contribution >= 0.6 is 0 Å². The van der Waals surface area contributed by atoms with Crippen molar-refractivity contribution in [1.82, 2.24) is 0 Å². The van der Waals surface area contributed by atoms with Gasteiger partial charge in [-0.3, -0.25) is 0 Å². The van der Waals surface area contributed by atoms with Crippen LogP contribution in [0.5, 0.6) is 5.75 Å². The van der Waals surface area contributed by atoms with Crippen LogP contribution in [0.3, 0.4) is 0 Å². The number of allylic oxidation sites excluding steroid dienone is 2. The van der Waals surface area contributed by atoms with Gasteiger partial charge < -0.3 is 4.74 Å². The number of methoxy groups -OCH3 is 1. The van der Waals surface area contributed by atoms with Gasteiger partial charge in [0.25, 0.3) is 0 Å². The molecule has 0 bridgehead atoms. The van der Waals surface area contributed by atoms with E-state index in [4.69, 9.17) is 4.74 Å². The molecule has 0 N–H and O–H groups in total. The Labute approximate surface area is 130 Å². The molecule has 0 radical (unpaired) electrons. The highest BCUT2D eigenvalue weighted by atomic mass is 16.5. The van der Waals surface area contributed by atoms with Gasteiger partial charge in [-0.1, -0.05) is 50.5 Å². The van der Waals surface area contributed by atoms with Crippen LogP contribution in [-0.2, 0) is 0 Å². The minimum atomic E-state index is 0.653. The van der Waals surface area contributed by atoms with Crippen molar-refractivity contribution < 1.29 is 4.74 Å². The molecule has 1 aliphatic rings. The second-order valence-electron chi connectivity index (χ2n) is 6.46. The molecule has 2 unspecified atom stereocenters. The average Bonchev–Trinajstić information content (AvgIpc) is 2.54. The molecule has 116 valence electrons. The van der Waals surface area contributed by atoms with E-state index in [0.29, 0.717) is 5.92 Å². The Morgan fingerprint density at radius 1 is 1.14 bits per heavy atom. The SMILES string of the molecule is CCCC(C)C(CC1=CCCCC1)c1ccc(OC)cc1. The summed E-state index contributed by atoms with van der Waals surface area (Å²) in [5.41, 5.74) is 3.16. The molecule has 0 aromatic heterocycles. The first kappa shape index (κ1) is 16.1. The van der Waals surface area contributed by atoms with E-state index in [1.165, 1.54) is 50.5 Å². The standard InChI is InChI=1S/C20H30O/c1-4-8-16(2)20(15-17-9-6-5-7-10-17)18-11-13-19(21-3)14-12-18/h9,11-14,16,20H,4-8,10,15H2,1-3H3. The van der Waals surface area contributed by atoms with E-state index in [-0.39, 0.29) is 0 Å². The van der Waals surface area contributed by atoms with Crippen molar-refractivity contribution in [3.05, 3.63) is 41.5 Å². The molecule has 0 amide bonds. The summed E-state index contributed by atoms with van der Waals surface area (Å²) >= 11 is 0. The van der Waals surface area contributed by atoms with Crippen molar-refractivity contribution in [2.45, 2.75) is 64.7 Å². The zero-order valence-electron chi connectivity index (χ0n) is 13.9. The lowest BCUT2D eigenvalue weighted by molar-refractivity contribution is 0.407. The maximum atomic E-state index is 5.30. The monoisotopic (exact) mass is 286 g/mol. The van der Waals surface area contributed by atoms with Crippen molar-refractivity contribution in [3.8, 4) is 5.75 Å². The molecule has 1 aliphatic carbocycles. The van der Waals surface area contributed by atoms with E-state index in [2.05, 4.69) is 44.2 Å². The lowest BCUT2D eigenvalue weighted by atomic mass is 9.78. The summed E-state index contributed by atoms with van der Waals surface area (Å²) in [5.74, 6) is 2.35. The third kappa shape index (κ3) is 4.62. The van der Waals surface area contributed by atoms with Gasteiger partial charge in [0.05, 0.1) is 7.11 Å². The lowest BCUT2D eigenvalue weighted by Crippen LogP contribution is -2.12. The van der Waals surface area contributed by atoms with E-state index in [0.717, 1.165) is 11.7 Å². The van der Waals surface area contributed by atoms with Gasteiger partial charge in [-0.05, 0) is 61.6 Å². The first-order valence-electron chi connectivity index (χ1n) is 8.56. The van der Waals surface area contributed by atoms with Crippen LogP contribution in [0, 0.1) is 5.92 Å². The molecule has 2 rings (SSSR count). The quantitative estimate of drug-likeness (QED) is 0.550. The third-order valence-electron chi connectivity index (χ3n) is 4.84. The number of benzene rings is 1.